The summed E-state index contributed by atoms with van der Waals surface area (Å²) in [6.07, 6.45) is 70.4. The van der Waals surface area contributed by atoms with Crippen LogP contribution < -0.4 is 5.32 Å². The molecule has 0 radical (unpaired) electrons. The maximum absolute atomic E-state index is 13.5. The van der Waals surface area contributed by atoms with E-state index in [0.29, 0.717) is 17.4 Å². The molecule has 0 aliphatic heterocycles. The number of rotatable bonds is 56. The van der Waals surface area contributed by atoms with Crippen molar-refractivity contribution in [2.45, 2.75) is 290 Å². The molecule has 0 rings (SSSR count). The average molecular weight is 1070 g/mol. The van der Waals surface area contributed by atoms with E-state index in [0.717, 1.165) is 103 Å². The van der Waals surface area contributed by atoms with Gasteiger partial charge in [-0.15, -0.1) is 0 Å². The number of nitrogens with one attached hydrogen (secondary N) is 1. The molecule has 0 aliphatic carbocycles. The minimum Gasteiger partial charge on any atom is -0.456 e. The van der Waals surface area contributed by atoms with E-state index in [4.69, 9.17) is 13.8 Å². The predicted molar refractivity (Wildman–Crippen MR) is 323 cm³/mol. The Hall–Kier alpha value is -2.55. The molecule has 0 saturated heterocycles. The Morgan fingerprint density at radius 1 is 0.480 bits per heavy atom. The third-order valence-corrected chi connectivity index (χ3v) is 14.6. The minimum absolute atomic E-state index is 0.0385. The summed E-state index contributed by atoms with van der Waals surface area (Å²) in [6.45, 7) is 6.90. The smallest absolute Gasteiger partial charge is 0.456 e. The summed E-state index contributed by atoms with van der Waals surface area (Å²) in [6, 6.07) is -0.850. The molecule has 0 bridgehead atoms. The number of unbranched alkanes of at least 4 members (excludes halogenated alkanes) is 30. The number of carbonyl (C=O) groups excluding carboxylic acids is 2. The molecule has 0 saturated carbocycles. The molecule has 436 valence electrons. The van der Waals surface area contributed by atoms with Gasteiger partial charge in [-0.05, 0) is 76.7 Å². The van der Waals surface area contributed by atoms with Crippen LogP contribution in [0.4, 0.5) is 0 Å². The summed E-state index contributed by atoms with van der Waals surface area (Å²) in [5.41, 5.74) is 0. The zero-order chi connectivity index (χ0) is 55.0. The van der Waals surface area contributed by atoms with Crippen LogP contribution in [-0.4, -0.2) is 74.3 Å². The highest BCUT2D eigenvalue weighted by Gasteiger charge is 2.30. The topological polar surface area (TPSA) is 111 Å². The lowest BCUT2D eigenvalue weighted by atomic mass is 10.0. The van der Waals surface area contributed by atoms with Crippen molar-refractivity contribution in [2.75, 3.05) is 40.9 Å². The highest BCUT2D eigenvalue weighted by molar-refractivity contribution is 7.47. The molecule has 9 nitrogen and oxygen atoms in total. The first-order valence-electron chi connectivity index (χ1n) is 31.3. The Bertz CT molecular complexity index is 1510. The van der Waals surface area contributed by atoms with Crippen LogP contribution in [0.15, 0.2) is 72.9 Å². The van der Waals surface area contributed by atoms with Gasteiger partial charge in [0.05, 0.1) is 33.8 Å². The van der Waals surface area contributed by atoms with Crippen molar-refractivity contribution < 1.29 is 37.3 Å². The summed E-state index contributed by atoms with van der Waals surface area (Å²) in [5.74, 6) is -0.508. The van der Waals surface area contributed by atoms with Gasteiger partial charge in [0, 0.05) is 12.8 Å². The van der Waals surface area contributed by atoms with Crippen LogP contribution in [0.2, 0.25) is 0 Å². The quantitative estimate of drug-likeness (QED) is 0.0205. The molecule has 0 aromatic rings. The average Bonchev–Trinajstić information content (AvgIpc) is 3.37. The number of quaternary nitrogens is 1. The second-order valence-corrected chi connectivity index (χ2v) is 23.7. The van der Waals surface area contributed by atoms with Gasteiger partial charge in [0.15, 0.2) is 0 Å². The van der Waals surface area contributed by atoms with Gasteiger partial charge < -0.3 is 19.4 Å². The number of hydrogen-bond acceptors (Lipinski definition) is 6. The Morgan fingerprint density at radius 2 is 0.853 bits per heavy atom. The Labute approximate surface area is 463 Å². The van der Waals surface area contributed by atoms with Crippen LogP contribution >= 0.6 is 7.82 Å². The number of likely N-dealkylation sites (N-methyl/N-ethyl adjacent to an activating group) is 1. The molecule has 0 aliphatic rings. The van der Waals surface area contributed by atoms with E-state index in [1.165, 1.54) is 141 Å². The number of carbonyl (C=O) groups is 2. The second-order valence-electron chi connectivity index (χ2n) is 22.2. The fourth-order valence-corrected chi connectivity index (χ4v) is 9.59. The molecule has 3 atom stereocenters. The highest BCUT2D eigenvalue weighted by Crippen LogP contribution is 2.43. The number of phosphoric ester groups is 1. The molecular formula is C65H120N2O7P+. The van der Waals surface area contributed by atoms with Gasteiger partial charge in [0.1, 0.15) is 19.3 Å². The van der Waals surface area contributed by atoms with E-state index in [9.17, 15) is 19.0 Å². The monoisotopic (exact) mass is 1070 g/mol. The molecule has 0 aromatic heterocycles. The molecule has 0 fully saturated rings. The van der Waals surface area contributed by atoms with Gasteiger partial charge >= 0.3 is 13.8 Å². The van der Waals surface area contributed by atoms with E-state index in [2.05, 4.69) is 86.8 Å². The fourth-order valence-electron chi connectivity index (χ4n) is 8.85. The number of allylic oxidation sites excluding steroid dienone is 11. The Kier molecular flexibility index (Phi) is 52.9. The van der Waals surface area contributed by atoms with Gasteiger partial charge in [0.25, 0.3) is 0 Å². The van der Waals surface area contributed by atoms with Gasteiger partial charge in [-0.25, -0.2) is 4.57 Å². The van der Waals surface area contributed by atoms with E-state index in [1.807, 2.05) is 33.3 Å². The van der Waals surface area contributed by atoms with Crippen LogP contribution in [0, 0.1) is 0 Å². The molecule has 75 heavy (non-hydrogen) atoms. The van der Waals surface area contributed by atoms with Crippen molar-refractivity contribution in [1.29, 1.82) is 0 Å². The maximum atomic E-state index is 13.5. The predicted octanol–water partition coefficient (Wildman–Crippen LogP) is 19.2. The van der Waals surface area contributed by atoms with E-state index in [1.54, 1.807) is 0 Å². The molecule has 0 spiro atoms. The molecular weight excluding hydrogens is 952 g/mol. The largest absolute Gasteiger partial charge is 0.472 e. The van der Waals surface area contributed by atoms with E-state index < -0.39 is 20.0 Å². The number of amides is 1. The lowest BCUT2D eigenvalue weighted by Gasteiger charge is -2.27. The van der Waals surface area contributed by atoms with Gasteiger partial charge in [0.2, 0.25) is 5.91 Å². The molecule has 10 heteroatoms. The van der Waals surface area contributed by atoms with Crippen LogP contribution in [0.5, 0.6) is 0 Å². The number of phosphoric acid groups is 1. The number of ether oxygens (including phenoxy) is 1. The van der Waals surface area contributed by atoms with Crippen molar-refractivity contribution in [1.82, 2.24) is 5.32 Å². The maximum Gasteiger partial charge on any atom is 0.472 e. The first-order valence-corrected chi connectivity index (χ1v) is 32.8. The van der Waals surface area contributed by atoms with Crippen LogP contribution in [-0.2, 0) is 27.9 Å². The van der Waals surface area contributed by atoms with Crippen molar-refractivity contribution in [2.24, 2.45) is 0 Å². The number of hydrogen-bond donors (Lipinski definition) is 2. The van der Waals surface area contributed by atoms with Gasteiger partial charge in [-0.2, -0.15) is 0 Å². The second kappa shape index (κ2) is 54.8. The Morgan fingerprint density at radius 3 is 1.28 bits per heavy atom. The summed E-state index contributed by atoms with van der Waals surface area (Å²) < 4.78 is 30.7. The van der Waals surface area contributed by atoms with E-state index in [-0.39, 0.29) is 31.5 Å². The summed E-state index contributed by atoms with van der Waals surface area (Å²) >= 11 is 0. The third-order valence-electron chi connectivity index (χ3n) is 13.7. The standard InChI is InChI=1S/C65H119N2O7P/c1-7-10-13-16-19-22-25-27-28-29-30-31-32-33-34-35-36-37-38-40-43-46-49-52-55-58-65(69)74-63(56-53-50-47-44-41-24-21-18-15-12-9-3)62(61-73-75(70,71)72-60-59-67(4,5)6)66-64(68)57-54-51-48-45-42-39-26-23-20-17-14-11-8-2/h10,13,19,22,27-28,30-31,33-34,53,56,62-63H,7-9,11-12,14-18,20-21,23-26,29,32,35-52,54-55,57-61H2,1-6H3,(H-,66,68,70,71)/p+1/b13-10-,22-19-,28-27-,31-30-,34-33-,56-53-. The van der Waals surface area contributed by atoms with Crippen LogP contribution in [0.25, 0.3) is 0 Å². The lowest BCUT2D eigenvalue weighted by Crippen LogP contribution is -2.47. The molecule has 1 amide bonds. The van der Waals surface area contributed by atoms with Crippen LogP contribution in [0.3, 0.4) is 0 Å². The molecule has 2 N–H and O–H groups in total. The summed E-state index contributed by atoms with van der Waals surface area (Å²) in [7, 11) is 1.49. The summed E-state index contributed by atoms with van der Waals surface area (Å²) in [5, 5.41) is 3.05. The highest BCUT2D eigenvalue weighted by atomic mass is 31.2. The van der Waals surface area contributed by atoms with E-state index >= 15 is 0 Å². The minimum atomic E-state index is -4.45. The molecule has 0 aromatic carbocycles. The number of nitrogens with zero attached hydrogens (tertiary/aromatic N) is 1. The van der Waals surface area contributed by atoms with Crippen LogP contribution in [0.1, 0.15) is 278 Å². The summed E-state index contributed by atoms with van der Waals surface area (Å²) in [4.78, 5) is 37.6. The SMILES string of the molecule is CC/C=C\C/C=C\C/C=C\C/C=C\C/C=C\CCCCCCCCCCCC(=O)OC(/C=C\CCCCCCCCCCC)C(COP(=O)(O)OCC[N+](C)(C)C)NC(=O)CCCCCCCCCCCCCCC. The lowest BCUT2D eigenvalue weighted by molar-refractivity contribution is -0.870. The van der Waals surface area contributed by atoms with Crippen molar-refractivity contribution in [3.8, 4) is 0 Å². The molecule has 0 heterocycles. The zero-order valence-corrected chi connectivity index (χ0v) is 50.7. The zero-order valence-electron chi connectivity index (χ0n) is 49.8. The normalized spacial score (nSPS) is 14.2. The number of esters is 1. The fraction of sp³-hybridized carbons (Fsp3) is 0.785. The van der Waals surface area contributed by atoms with Gasteiger partial charge in [-0.3, -0.25) is 18.6 Å². The van der Waals surface area contributed by atoms with Crippen molar-refractivity contribution >= 4 is 19.7 Å². The Balaban J connectivity index is 5.11. The van der Waals surface area contributed by atoms with Crippen molar-refractivity contribution in [3.63, 3.8) is 0 Å². The third kappa shape index (κ3) is 56.0. The van der Waals surface area contributed by atoms with Crippen molar-refractivity contribution in [3.05, 3.63) is 72.9 Å². The van der Waals surface area contributed by atoms with Gasteiger partial charge in [-0.1, -0.05) is 261 Å². The first-order chi connectivity index (χ1) is 36.4. The first kappa shape index (κ1) is 72.5. The molecule has 3 unspecified atom stereocenters.